The predicted octanol–water partition coefficient (Wildman–Crippen LogP) is 4.75. The van der Waals surface area contributed by atoms with Crippen molar-refractivity contribution >= 4 is 23.2 Å². The lowest BCUT2D eigenvalue weighted by molar-refractivity contribution is -0.117. The van der Waals surface area contributed by atoms with Crippen LogP contribution in [0.15, 0.2) is 54.7 Å². The molecule has 5 rings (SSSR count). The first-order valence-corrected chi connectivity index (χ1v) is 11.2. The van der Waals surface area contributed by atoms with Crippen LogP contribution in [-0.4, -0.2) is 36.3 Å². The minimum atomic E-state index is -0.0731. The van der Waals surface area contributed by atoms with Crippen molar-refractivity contribution in [3.8, 4) is 17.1 Å². The van der Waals surface area contributed by atoms with Crippen molar-refractivity contribution in [2.75, 3.05) is 5.32 Å². The lowest BCUT2D eigenvalue weighted by atomic mass is 9.93. The van der Waals surface area contributed by atoms with Gasteiger partial charge in [-0.15, -0.1) is 10.2 Å². The average Bonchev–Trinajstić information content (AvgIpc) is 3.16. The molecule has 2 unspecified atom stereocenters. The van der Waals surface area contributed by atoms with E-state index in [1.165, 1.54) is 0 Å². The Kier molecular flexibility index (Phi) is 5.25. The molecule has 1 saturated carbocycles. The van der Waals surface area contributed by atoms with Crippen molar-refractivity contribution in [1.82, 2.24) is 30.4 Å². The number of benzene rings is 2. The van der Waals surface area contributed by atoms with Crippen LogP contribution in [0.2, 0.25) is 5.02 Å². The van der Waals surface area contributed by atoms with E-state index in [9.17, 15) is 4.79 Å². The normalized spacial score (nSPS) is 17.7. The molecule has 1 fully saturated rings. The first-order valence-electron chi connectivity index (χ1n) is 10.8. The second-order valence-corrected chi connectivity index (χ2v) is 9.79. The molecule has 0 spiro atoms. The fraction of sp³-hybridized carbons (Fsp3) is 0.292. The van der Waals surface area contributed by atoms with E-state index in [1.807, 2.05) is 54.7 Å². The van der Waals surface area contributed by atoms with E-state index >= 15 is 0 Å². The smallest absolute Gasteiger partial charge is 0.228 e. The maximum absolute atomic E-state index is 12.9. The number of hydrogen-bond acceptors (Lipinski definition) is 5. The quantitative estimate of drug-likeness (QED) is 0.446. The largest absolute Gasteiger partial charge is 0.326 e. The Balaban J connectivity index is 1.39. The molecule has 0 aliphatic heterocycles. The average molecular weight is 462 g/mol. The molecule has 2 atom stereocenters. The standard InChI is InChI=1S/C24H24ClN7O/c1-24(2,3)21-10-11-32(29-21)20-9-8-16(12-19(20)22-27-30-31-28-22)26-23(33)18-13-17(18)14-4-6-15(25)7-5-14/h4-12,17-18H,13H2,1-3H3,(H,26,33)(H,27,28,30,31). The Morgan fingerprint density at radius 1 is 1.15 bits per heavy atom. The number of H-pyrrole nitrogens is 1. The highest BCUT2D eigenvalue weighted by Crippen LogP contribution is 2.48. The molecule has 2 aromatic heterocycles. The zero-order valence-corrected chi connectivity index (χ0v) is 19.3. The lowest BCUT2D eigenvalue weighted by Crippen LogP contribution is -2.15. The molecular formula is C24H24ClN7O. The molecule has 0 radical (unpaired) electrons. The maximum Gasteiger partial charge on any atom is 0.228 e. The Labute approximate surface area is 196 Å². The first-order chi connectivity index (χ1) is 15.8. The Hall–Kier alpha value is -3.52. The number of halogens is 1. The molecular weight excluding hydrogens is 438 g/mol. The zero-order valence-electron chi connectivity index (χ0n) is 18.6. The summed E-state index contributed by atoms with van der Waals surface area (Å²) in [6, 6.07) is 15.3. The van der Waals surface area contributed by atoms with Gasteiger partial charge in [-0.3, -0.25) is 4.79 Å². The van der Waals surface area contributed by atoms with E-state index < -0.39 is 0 Å². The monoisotopic (exact) mass is 461 g/mol. The van der Waals surface area contributed by atoms with Gasteiger partial charge in [0.15, 0.2) is 0 Å². The highest BCUT2D eigenvalue weighted by Gasteiger charge is 2.43. The van der Waals surface area contributed by atoms with Crippen LogP contribution in [0.4, 0.5) is 5.69 Å². The molecule has 2 heterocycles. The number of nitrogens with one attached hydrogen (secondary N) is 2. The number of carbonyl (C=O) groups is 1. The van der Waals surface area contributed by atoms with E-state index in [0.717, 1.165) is 28.9 Å². The molecule has 8 nitrogen and oxygen atoms in total. The molecule has 1 aliphatic carbocycles. The van der Waals surface area contributed by atoms with Crippen molar-refractivity contribution in [1.29, 1.82) is 0 Å². The summed E-state index contributed by atoms with van der Waals surface area (Å²) in [7, 11) is 0. The Bertz CT molecular complexity index is 1290. The minimum absolute atomic E-state index is 0.00382. The van der Waals surface area contributed by atoms with Crippen LogP contribution in [0.3, 0.4) is 0 Å². The number of amides is 1. The van der Waals surface area contributed by atoms with Gasteiger partial charge in [0.2, 0.25) is 11.7 Å². The van der Waals surface area contributed by atoms with Gasteiger partial charge in [0, 0.05) is 28.2 Å². The molecule has 1 aliphatic rings. The Morgan fingerprint density at radius 3 is 2.61 bits per heavy atom. The summed E-state index contributed by atoms with van der Waals surface area (Å²) >= 11 is 5.98. The van der Waals surface area contributed by atoms with Crippen molar-refractivity contribution in [2.24, 2.45) is 5.92 Å². The van der Waals surface area contributed by atoms with Crippen LogP contribution >= 0.6 is 11.6 Å². The fourth-order valence-electron chi connectivity index (χ4n) is 3.92. The number of carbonyl (C=O) groups excluding carboxylic acids is 1. The maximum atomic E-state index is 12.9. The summed E-state index contributed by atoms with van der Waals surface area (Å²) in [5, 5.41) is 23.0. The molecule has 0 saturated heterocycles. The summed E-state index contributed by atoms with van der Waals surface area (Å²) in [5.41, 5.74) is 4.23. The van der Waals surface area contributed by atoms with Gasteiger partial charge in [-0.2, -0.15) is 10.3 Å². The molecule has 9 heteroatoms. The molecule has 4 aromatic rings. The van der Waals surface area contributed by atoms with Crippen molar-refractivity contribution in [3.63, 3.8) is 0 Å². The fourth-order valence-corrected chi connectivity index (χ4v) is 4.05. The number of tetrazole rings is 1. The summed E-state index contributed by atoms with van der Waals surface area (Å²) in [5.74, 6) is 0.591. The Morgan fingerprint density at radius 2 is 1.94 bits per heavy atom. The van der Waals surface area contributed by atoms with Crippen LogP contribution in [0.1, 0.15) is 44.4 Å². The molecule has 2 N–H and O–H groups in total. The summed E-state index contributed by atoms with van der Waals surface area (Å²) in [4.78, 5) is 12.9. The third-order valence-corrected chi connectivity index (χ3v) is 6.13. The predicted molar refractivity (Wildman–Crippen MR) is 126 cm³/mol. The van der Waals surface area contributed by atoms with Gasteiger partial charge in [-0.1, -0.05) is 44.5 Å². The van der Waals surface area contributed by atoms with Gasteiger partial charge in [0.1, 0.15) is 0 Å². The third kappa shape index (κ3) is 4.39. The van der Waals surface area contributed by atoms with E-state index in [2.05, 4.69) is 46.7 Å². The van der Waals surface area contributed by atoms with E-state index in [-0.39, 0.29) is 23.2 Å². The second kappa shape index (κ2) is 8.12. The van der Waals surface area contributed by atoms with Gasteiger partial charge < -0.3 is 5.32 Å². The van der Waals surface area contributed by atoms with Gasteiger partial charge in [0.05, 0.1) is 16.9 Å². The van der Waals surface area contributed by atoms with Crippen LogP contribution in [0.5, 0.6) is 0 Å². The SMILES string of the molecule is CC(C)(C)c1ccn(-c2ccc(NC(=O)C3CC3c3ccc(Cl)cc3)cc2-c2nn[nH]n2)n1. The van der Waals surface area contributed by atoms with Crippen molar-refractivity contribution in [2.45, 2.75) is 38.5 Å². The number of aromatic amines is 1. The molecule has 0 bridgehead atoms. The summed E-state index contributed by atoms with van der Waals surface area (Å²) < 4.78 is 1.80. The van der Waals surface area contributed by atoms with Gasteiger partial charge in [-0.25, -0.2) is 4.68 Å². The topological polar surface area (TPSA) is 101 Å². The number of hydrogen-bond donors (Lipinski definition) is 2. The van der Waals surface area contributed by atoms with Crippen molar-refractivity contribution in [3.05, 3.63) is 71.0 Å². The molecule has 33 heavy (non-hydrogen) atoms. The number of rotatable bonds is 5. The number of nitrogens with zero attached hydrogens (tertiary/aromatic N) is 5. The van der Waals surface area contributed by atoms with Crippen LogP contribution in [-0.2, 0) is 10.2 Å². The minimum Gasteiger partial charge on any atom is -0.326 e. The van der Waals surface area contributed by atoms with Crippen molar-refractivity contribution < 1.29 is 4.79 Å². The van der Waals surface area contributed by atoms with Gasteiger partial charge in [0.25, 0.3) is 0 Å². The summed E-state index contributed by atoms with van der Waals surface area (Å²) in [6.07, 6.45) is 2.74. The van der Waals surface area contributed by atoms with Crippen LogP contribution < -0.4 is 5.32 Å². The van der Waals surface area contributed by atoms with Crippen LogP contribution in [0.25, 0.3) is 17.1 Å². The van der Waals surface area contributed by atoms with Gasteiger partial charge in [-0.05, 0) is 59.5 Å². The third-order valence-electron chi connectivity index (χ3n) is 5.88. The highest BCUT2D eigenvalue weighted by molar-refractivity contribution is 6.30. The van der Waals surface area contributed by atoms with Gasteiger partial charge >= 0.3 is 0 Å². The molecule has 1 amide bonds. The van der Waals surface area contributed by atoms with Crippen LogP contribution in [0, 0.1) is 5.92 Å². The van der Waals surface area contributed by atoms with E-state index in [1.54, 1.807) is 4.68 Å². The molecule has 168 valence electrons. The summed E-state index contributed by atoms with van der Waals surface area (Å²) in [6.45, 7) is 6.36. The van der Waals surface area contributed by atoms with E-state index in [4.69, 9.17) is 16.7 Å². The highest BCUT2D eigenvalue weighted by atomic mass is 35.5. The number of aromatic nitrogens is 6. The molecule has 2 aromatic carbocycles. The number of anilines is 1. The second-order valence-electron chi connectivity index (χ2n) is 9.35. The van der Waals surface area contributed by atoms with E-state index in [0.29, 0.717) is 16.5 Å². The lowest BCUT2D eigenvalue weighted by Gasteiger charge is -2.15. The first kappa shape index (κ1) is 21.3. The zero-order chi connectivity index (χ0) is 23.2.